The molecule has 0 atom stereocenters. The summed E-state index contributed by atoms with van der Waals surface area (Å²) in [6.07, 6.45) is 7.66. The molecule has 4 nitrogen and oxygen atoms in total. The number of rotatable bonds is 5. The third kappa shape index (κ3) is 5.42. The number of carbonyl (C=O) groups is 2. The first-order valence-electron chi connectivity index (χ1n) is 9.64. The molecular formula is C21H26N2O2S2. The smallest absolute Gasteiger partial charge is 0.266 e. The van der Waals surface area contributed by atoms with Gasteiger partial charge in [0.15, 0.2) is 0 Å². The monoisotopic (exact) mass is 402 g/mol. The van der Waals surface area contributed by atoms with Crippen LogP contribution in [0.25, 0.3) is 6.08 Å². The Morgan fingerprint density at radius 2 is 1.81 bits per heavy atom. The molecule has 2 heterocycles. The van der Waals surface area contributed by atoms with Crippen molar-refractivity contribution < 1.29 is 9.59 Å². The lowest BCUT2D eigenvalue weighted by molar-refractivity contribution is -0.131. The lowest BCUT2D eigenvalue weighted by Gasteiger charge is -2.21. The summed E-state index contributed by atoms with van der Waals surface area (Å²) in [4.78, 5) is 29.3. The highest BCUT2D eigenvalue weighted by Gasteiger charge is 2.31. The molecule has 2 aliphatic rings. The summed E-state index contributed by atoms with van der Waals surface area (Å²) >= 11 is 6.73. The summed E-state index contributed by atoms with van der Waals surface area (Å²) in [7, 11) is 0. The summed E-state index contributed by atoms with van der Waals surface area (Å²) in [6, 6.07) is 8.06. The highest BCUT2D eigenvalue weighted by atomic mass is 32.2. The third-order valence-electron chi connectivity index (χ3n) is 4.98. The number of thiocarbonyl (C=S) groups is 1. The Bertz CT molecular complexity index is 735. The fraction of sp³-hybridized carbons (Fsp3) is 0.476. The number of thioether (sulfide) groups is 1. The first-order chi connectivity index (χ1) is 13.0. The van der Waals surface area contributed by atoms with Crippen LogP contribution in [0.15, 0.2) is 29.2 Å². The molecule has 27 heavy (non-hydrogen) atoms. The SMILES string of the molecule is Cc1ccc(C=C2SC(=S)N(CCCC(=O)N3CCCCCC3)C2=O)cc1. The summed E-state index contributed by atoms with van der Waals surface area (Å²) in [5, 5.41) is 0. The van der Waals surface area contributed by atoms with Gasteiger partial charge >= 0.3 is 0 Å². The largest absolute Gasteiger partial charge is 0.343 e. The van der Waals surface area contributed by atoms with E-state index in [2.05, 4.69) is 0 Å². The average Bonchev–Trinajstić information content (AvgIpc) is 2.86. The van der Waals surface area contributed by atoms with Gasteiger partial charge in [0.05, 0.1) is 4.91 Å². The van der Waals surface area contributed by atoms with Crippen molar-refractivity contribution in [2.75, 3.05) is 19.6 Å². The van der Waals surface area contributed by atoms with Crippen LogP contribution in [0.1, 0.15) is 49.7 Å². The zero-order valence-corrected chi connectivity index (χ0v) is 17.4. The number of amides is 2. The van der Waals surface area contributed by atoms with E-state index in [-0.39, 0.29) is 11.8 Å². The molecule has 2 saturated heterocycles. The summed E-state index contributed by atoms with van der Waals surface area (Å²) < 4.78 is 0.584. The van der Waals surface area contributed by atoms with Gasteiger partial charge in [0, 0.05) is 26.1 Å². The Hall–Kier alpha value is -1.66. The van der Waals surface area contributed by atoms with E-state index in [1.54, 1.807) is 4.90 Å². The minimum Gasteiger partial charge on any atom is -0.343 e. The van der Waals surface area contributed by atoms with Crippen molar-refractivity contribution >= 4 is 46.2 Å². The van der Waals surface area contributed by atoms with E-state index in [1.165, 1.54) is 30.2 Å². The van der Waals surface area contributed by atoms with Crippen LogP contribution in [0, 0.1) is 6.92 Å². The predicted octanol–water partition coefficient (Wildman–Crippen LogP) is 4.38. The zero-order valence-electron chi connectivity index (χ0n) is 15.8. The van der Waals surface area contributed by atoms with Gasteiger partial charge < -0.3 is 4.90 Å². The van der Waals surface area contributed by atoms with Crippen molar-refractivity contribution in [1.29, 1.82) is 0 Å². The molecule has 0 unspecified atom stereocenters. The summed E-state index contributed by atoms with van der Waals surface area (Å²) in [5.74, 6) is 0.158. The van der Waals surface area contributed by atoms with Crippen molar-refractivity contribution in [2.45, 2.75) is 45.4 Å². The average molecular weight is 403 g/mol. The van der Waals surface area contributed by atoms with Crippen LogP contribution in [0.4, 0.5) is 0 Å². The molecule has 2 amide bonds. The Labute approximate surface area is 171 Å². The number of hydrogen-bond acceptors (Lipinski definition) is 4. The van der Waals surface area contributed by atoms with Crippen LogP contribution in [0.2, 0.25) is 0 Å². The number of hydrogen-bond donors (Lipinski definition) is 0. The molecule has 6 heteroatoms. The second kappa shape index (κ2) is 9.51. The second-order valence-electron chi connectivity index (χ2n) is 7.14. The molecule has 1 aromatic carbocycles. The van der Waals surface area contributed by atoms with Crippen LogP contribution in [0.5, 0.6) is 0 Å². The molecule has 0 aliphatic carbocycles. The lowest BCUT2D eigenvalue weighted by Crippen LogP contribution is -2.33. The van der Waals surface area contributed by atoms with E-state index >= 15 is 0 Å². The van der Waals surface area contributed by atoms with Gasteiger partial charge in [-0.25, -0.2) is 0 Å². The standard InChI is InChI=1S/C21H26N2O2S2/c1-16-8-10-17(11-9-16)15-18-20(25)23(21(26)27-18)14-6-7-19(24)22-12-4-2-3-5-13-22/h8-11,15H,2-7,12-14H2,1H3. The molecule has 0 aromatic heterocycles. The lowest BCUT2D eigenvalue weighted by atomic mass is 10.1. The highest BCUT2D eigenvalue weighted by Crippen LogP contribution is 2.32. The summed E-state index contributed by atoms with van der Waals surface area (Å²) in [5.41, 5.74) is 2.19. The van der Waals surface area contributed by atoms with Crippen molar-refractivity contribution in [3.63, 3.8) is 0 Å². The van der Waals surface area contributed by atoms with Gasteiger partial charge in [0.1, 0.15) is 4.32 Å². The molecular weight excluding hydrogens is 376 g/mol. The van der Waals surface area contributed by atoms with E-state index in [1.807, 2.05) is 42.2 Å². The number of benzene rings is 1. The molecule has 144 valence electrons. The van der Waals surface area contributed by atoms with Crippen molar-refractivity contribution in [3.8, 4) is 0 Å². The van der Waals surface area contributed by atoms with E-state index in [0.29, 0.717) is 28.6 Å². The molecule has 0 radical (unpaired) electrons. The Kier molecular flexibility index (Phi) is 7.07. The molecule has 0 N–H and O–H groups in total. The van der Waals surface area contributed by atoms with Crippen molar-refractivity contribution in [3.05, 3.63) is 40.3 Å². The topological polar surface area (TPSA) is 40.6 Å². The highest BCUT2D eigenvalue weighted by molar-refractivity contribution is 8.26. The van der Waals surface area contributed by atoms with E-state index in [0.717, 1.165) is 31.5 Å². The van der Waals surface area contributed by atoms with Gasteiger partial charge in [-0.2, -0.15) is 0 Å². The minimum atomic E-state index is -0.0483. The number of likely N-dealkylation sites (tertiary alicyclic amines) is 1. The molecule has 3 rings (SSSR count). The first-order valence-corrected chi connectivity index (χ1v) is 10.9. The number of carbonyl (C=O) groups excluding carboxylic acids is 2. The van der Waals surface area contributed by atoms with Gasteiger partial charge in [-0.3, -0.25) is 14.5 Å². The number of aryl methyl sites for hydroxylation is 1. The van der Waals surface area contributed by atoms with E-state index < -0.39 is 0 Å². The van der Waals surface area contributed by atoms with Crippen LogP contribution in [-0.2, 0) is 9.59 Å². The molecule has 2 aliphatic heterocycles. The van der Waals surface area contributed by atoms with Crippen LogP contribution in [0.3, 0.4) is 0 Å². The third-order valence-corrected chi connectivity index (χ3v) is 6.36. The Morgan fingerprint density at radius 1 is 1.15 bits per heavy atom. The summed E-state index contributed by atoms with van der Waals surface area (Å²) in [6.45, 7) is 4.30. The Balaban J connectivity index is 1.53. The van der Waals surface area contributed by atoms with Crippen LogP contribution >= 0.6 is 24.0 Å². The quantitative estimate of drug-likeness (QED) is 0.541. The molecule has 0 saturated carbocycles. The Morgan fingerprint density at radius 3 is 2.48 bits per heavy atom. The molecule has 2 fully saturated rings. The fourth-order valence-electron chi connectivity index (χ4n) is 3.37. The minimum absolute atomic E-state index is 0.0483. The molecule has 1 aromatic rings. The van der Waals surface area contributed by atoms with E-state index in [4.69, 9.17) is 12.2 Å². The van der Waals surface area contributed by atoms with Gasteiger partial charge in [-0.1, -0.05) is 66.7 Å². The maximum absolute atomic E-state index is 12.7. The number of nitrogens with zero attached hydrogens (tertiary/aromatic N) is 2. The normalized spacial score (nSPS) is 19.7. The van der Waals surface area contributed by atoms with Gasteiger partial charge in [-0.15, -0.1) is 0 Å². The first kappa shape index (κ1) is 20.1. The maximum atomic E-state index is 12.7. The van der Waals surface area contributed by atoms with Gasteiger partial charge in [-0.05, 0) is 37.8 Å². The second-order valence-corrected chi connectivity index (χ2v) is 8.82. The van der Waals surface area contributed by atoms with E-state index in [9.17, 15) is 9.59 Å². The molecule has 0 bridgehead atoms. The zero-order chi connectivity index (χ0) is 19.2. The fourth-order valence-corrected chi connectivity index (χ4v) is 4.68. The van der Waals surface area contributed by atoms with Crippen molar-refractivity contribution in [2.24, 2.45) is 0 Å². The van der Waals surface area contributed by atoms with Gasteiger partial charge in [0.2, 0.25) is 5.91 Å². The van der Waals surface area contributed by atoms with Crippen LogP contribution < -0.4 is 0 Å². The van der Waals surface area contributed by atoms with Gasteiger partial charge in [0.25, 0.3) is 5.91 Å². The van der Waals surface area contributed by atoms with Crippen molar-refractivity contribution in [1.82, 2.24) is 9.80 Å². The molecule has 0 spiro atoms. The maximum Gasteiger partial charge on any atom is 0.266 e. The van der Waals surface area contributed by atoms with Crippen LogP contribution in [-0.4, -0.2) is 45.6 Å². The predicted molar refractivity (Wildman–Crippen MR) is 115 cm³/mol.